The summed E-state index contributed by atoms with van der Waals surface area (Å²) in [5.41, 5.74) is 8.57. The van der Waals surface area contributed by atoms with Crippen molar-refractivity contribution < 1.29 is 0 Å². The van der Waals surface area contributed by atoms with Crippen LogP contribution in [0.15, 0.2) is 22.7 Å². The number of piperazine rings is 1. The quantitative estimate of drug-likeness (QED) is 0.908. The van der Waals surface area contributed by atoms with Crippen LogP contribution in [0, 0.1) is 0 Å². The van der Waals surface area contributed by atoms with E-state index in [4.69, 9.17) is 5.73 Å². The van der Waals surface area contributed by atoms with Crippen molar-refractivity contribution in [2.75, 3.05) is 38.1 Å². The number of hydrogen-bond acceptors (Lipinski definition) is 3. The average molecular weight is 298 g/mol. The lowest BCUT2D eigenvalue weighted by Crippen LogP contribution is -2.45. The molecule has 0 spiro atoms. The first kappa shape index (κ1) is 12.9. The molecule has 1 aliphatic heterocycles. The molecular formula is C13H20BrN3. The number of anilines is 1. The minimum absolute atomic E-state index is 0.0714. The maximum absolute atomic E-state index is 6.06. The van der Waals surface area contributed by atoms with Gasteiger partial charge < -0.3 is 15.5 Å². The second kappa shape index (κ2) is 5.38. The summed E-state index contributed by atoms with van der Waals surface area (Å²) in [6.07, 6.45) is 0. The van der Waals surface area contributed by atoms with Gasteiger partial charge in [-0.15, -0.1) is 0 Å². The van der Waals surface area contributed by atoms with Gasteiger partial charge in [0.2, 0.25) is 0 Å². The summed E-state index contributed by atoms with van der Waals surface area (Å²) in [6.45, 7) is 6.44. The van der Waals surface area contributed by atoms with Crippen LogP contribution in [-0.4, -0.2) is 38.1 Å². The Labute approximate surface area is 112 Å². The van der Waals surface area contributed by atoms with E-state index >= 15 is 0 Å². The molecule has 0 aliphatic carbocycles. The van der Waals surface area contributed by atoms with Crippen LogP contribution >= 0.6 is 15.9 Å². The van der Waals surface area contributed by atoms with Crippen molar-refractivity contribution >= 4 is 21.6 Å². The highest BCUT2D eigenvalue weighted by atomic mass is 79.9. The smallest absolute Gasteiger partial charge is 0.0416 e. The summed E-state index contributed by atoms with van der Waals surface area (Å²) in [5.74, 6) is 0. The van der Waals surface area contributed by atoms with E-state index in [0.29, 0.717) is 0 Å². The highest BCUT2D eigenvalue weighted by molar-refractivity contribution is 9.10. The maximum Gasteiger partial charge on any atom is 0.0416 e. The SMILES string of the molecule is CC(N)c1cc(Br)ccc1N1CCN(C)CC1. The lowest BCUT2D eigenvalue weighted by molar-refractivity contribution is 0.312. The molecule has 0 radical (unpaired) electrons. The summed E-state index contributed by atoms with van der Waals surface area (Å²) in [5, 5.41) is 0. The predicted octanol–water partition coefficient (Wildman–Crippen LogP) is 2.22. The second-order valence-electron chi connectivity index (χ2n) is 4.78. The Morgan fingerprint density at radius 3 is 2.47 bits per heavy atom. The van der Waals surface area contributed by atoms with Crippen molar-refractivity contribution in [3.8, 4) is 0 Å². The van der Waals surface area contributed by atoms with Crippen LogP contribution in [0.1, 0.15) is 18.5 Å². The Kier molecular flexibility index (Phi) is 4.07. The standard InChI is InChI=1S/C13H20BrN3/c1-10(15)12-9-11(14)3-4-13(12)17-7-5-16(2)6-8-17/h3-4,9-10H,5-8,15H2,1-2H3. The van der Waals surface area contributed by atoms with Crippen LogP contribution < -0.4 is 10.6 Å². The van der Waals surface area contributed by atoms with Crippen molar-refractivity contribution in [1.82, 2.24) is 4.90 Å². The highest BCUT2D eigenvalue weighted by Gasteiger charge is 2.18. The molecule has 94 valence electrons. The zero-order chi connectivity index (χ0) is 12.4. The van der Waals surface area contributed by atoms with Crippen LogP contribution in [-0.2, 0) is 0 Å². The lowest BCUT2D eigenvalue weighted by Gasteiger charge is -2.35. The highest BCUT2D eigenvalue weighted by Crippen LogP contribution is 2.29. The number of nitrogens with two attached hydrogens (primary N) is 1. The van der Waals surface area contributed by atoms with E-state index in [1.54, 1.807) is 0 Å². The maximum atomic E-state index is 6.06. The van der Waals surface area contributed by atoms with Crippen LogP contribution in [0.2, 0.25) is 0 Å². The minimum atomic E-state index is 0.0714. The van der Waals surface area contributed by atoms with Crippen molar-refractivity contribution in [2.45, 2.75) is 13.0 Å². The molecule has 1 atom stereocenters. The average Bonchev–Trinajstić information content (AvgIpc) is 2.30. The third-order valence-electron chi connectivity index (χ3n) is 3.32. The van der Waals surface area contributed by atoms with E-state index in [-0.39, 0.29) is 6.04 Å². The van der Waals surface area contributed by atoms with Gasteiger partial charge >= 0.3 is 0 Å². The molecule has 0 amide bonds. The fraction of sp³-hybridized carbons (Fsp3) is 0.538. The Bertz CT molecular complexity index is 384. The topological polar surface area (TPSA) is 32.5 Å². The number of rotatable bonds is 2. The summed E-state index contributed by atoms with van der Waals surface area (Å²) < 4.78 is 1.10. The van der Waals surface area contributed by atoms with Gasteiger partial charge in [0.1, 0.15) is 0 Å². The van der Waals surface area contributed by atoms with Gasteiger partial charge in [0.05, 0.1) is 0 Å². The third kappa shape index (κ3) is 3.00. The van der Waals surface area contributed by atoms with Gasteiger partial charge in [-0.25, -0.2) is 0 Å². The third-order valence-corrected chi connectivity index (χ3v) is 3.82. The molecule has 2 rings (SSSR count). The number of halogens is 1. The van der Waals surface area contributed by atoms with Crippen molar-refractivity contribution in [1.29, 1.82) is 0 Å². The summed E-state index contributed by atoms with van der Waals surface area (Å²) in [4.78, 5) is 4.80. The molecule has 1 saturated heterocycles. The van der Waals surface area contributed by atoms with Crippen LogP contribution in [0.3, 0.4) is 0 Å². The lowest BCUT2D eigenvalue weighted by atomic mass is 10.1. The Hall–Kier alpha value is -0.580. The van der Waals surface area contributed by atoms with Crippen molar-refractivity contribution in [3.63, 3.8) is 0 Å². The normalized spacial score (nSPS) is 19.4. The van der Waals surface area contributed by atoms with Crippen LogP contribution in [0.25, 0.3) is 0 Å². The molecule has 1 fully saturated rings. The van der Waals surface area contributed by atoms with Crippen molar-refractivity contribution in [3.05, 3.63) is 28.2 Å². The predicted molar refractivity (Wildman–Crippen MR) is 76.5 cm³/mol. The van der Waals surface area contributed by atoms with Gasteiger partial charge in [-0.05, 0) is 37.7 Å². The van der Waals surface area contributed by atoms with E-state index in [1.807, 2.05) is 6.92 Å². The molecule has 1 unspecified atom stereocenters. The van der Waals surface area contributed by atoms with Gasteiger partial charge in [0.15, 0.2) is 0 Å². The monoisotopic (exact) mass is 297 g/mol. The molecule has 0 aromatic heterocycles. The molecule has 2 N–H and O–H groups in total. The zero-order valence-electron chi connectivity index (χ0n) is 10.5. The van der Waals surface area contributed by atoms with E-state index in [1.165, 1.54) is 11.3 Å². The Morgan fingerprint density at radius 2 is 1.88 bits per heavy atom. The molecular weight excluding hydrogens is 278 g/mol. The van der Waals surface area contributed by atoms with Gasteiger partial charge in [0, 0.05) is 42.4 Å². The first-order valence-corrected chi connectivity index (χ1v) is 6.86. The number of hydrogen-bond donors (Lipinski definition) is 1. The molecule has 3 nitrogen and oxygen atoms in total. The van der Waals surface area contributed by atoms with Crippen molar-refractivity contribution in [2.24, 2.45) is 5.73 Å². The van der Waals surface area contributed by atoms with Gasteiger partial charge in [-0.3, -0.25) is 0 Å². The Morgan fingerprint density at radius 1 is 1.24 bits per heavy atom. The van der Waals surface area contributed by atoms with Crippen LogP contribution in [0.5, 0.6) is 0 Å². The fourth-order valence-electron chi connectivity index (χ4n) is 2.23. The van der Waals surface area contributed by atoms with Gasteiger partial charge in [-0.1, -0.05) is 15.9 Å². The second-order valence-corrected chi connectivity index (χ2v) is 5.70. The largest absolute Gasteiger partial charge is 0.369 e. The molecule has 0 bridgehead atoms. The number of benzene rings is 1. The molecule has 1 aliphatic rings. The van der Waals surface area contributed by atoms with E-state index < -0.39 is 0 Å². The molecule has 4 heteroatoms. The molecule has 1 aromatic carbocycles. The van der Waals surface area contributed by atoms with E-state index in [9.17, 15) is 0 Å². The first-order chi connectivity index (χ1) is 8.08. The van der Waals surface area contributed by atoms with Gasteiger partial charge in [0.25, 0.3) is 0 Å². The summed E-state index contributed by atoms with van der Waals surface area (Å²) in [7, 11) is 2.17. The molecule has 1 heterocycles. The van der Waals surface area contributed by atoms with Crippen LogP contribution in [0.4, 0.5) is 5.69 Å². The Balaban J connectivity index is 2.25. The number of likely N-dealkylation sites (N-methyl/N-ethyl adjacent to an activating group) is 1. The van der Waals surface area contributed by atoms with E-state index in [0.717, 1.165) is 30.7 Å². The first-order valence-electron chi connectivity index (χ1n) is 6.06. The summed E-state index contributed by atoms with van der Waals surface area (Å²) in [6, 6.07) is 6.48. The fourth-order valence-corrected chi connectivity index (χ4v) is 2.60. The molecule has 17 heavy (non-hydrogen) atoms. The van der Waals surface area contributed by atoms with Gasteiger partial charge in [-0.2, -0.15) is 0 Å². The minimum Gasteiger partial charge on any atom is -0.369 e. The molecule has 0 saturated carbocycles. The zero-order valence-corrected chi connectivity index (χ0v) is 12.1. The summed E-state index contributed by atoms with van der Waals surface area (Å²) >= 11 is 3.52. The molecule has 1 aromatic rings. The van der Waals surface area contributed by atoms with E-state index in [2.05, 4.69) is 51.0 Å². The number of nitrogens with zero attached hydrogens (tertiary/aromatic N) is 2.